The molecule has 0 saturated carbocycles. The number of aryl methyl sites for hydroxylation is 2. The van der Waals surface area contributed by atoms with E-state index < -0.39 is 0 Å². The average molecular weight is 362 g/mol. The molecule has 0 bridgehead atoms. The van der Waals surface area contributed by atoms with Gasteiger partial charge in [0.05, 0.1) is 10.9 Å². The fraction of sp³-hybridized carbons (Fsp3) is 0.238. The van der Waals surface area contributed by atoms with Crippen LogP contribution in [0.3, 0.4) is 0 Å². The molecule has 0 saturated heterocycles. The molecule has 3 aromatic rings. The Balaban J connectivity index is 1.50. The van der Waals surface area contributed by atoms with E-state index >= 15 is 0 Å². The first kappa shape index (κ1) is 18.5. The Labute approximate surface area is 157 Å². The van der Waals surface area contributed by atoms with Crippen LogP contribution in [0.4, 0.5) is 0 Å². The van der Waals surface area contributed by atoms with Gasteiger partial charge >= 0.3 is 0 Å². The molecular weight excluding hydrogens is 340 g/mol. The molecule has 27 heavy (non-hydrogen) atoms. The third-order valence-corrected chi connectivity index (χ3v) is 4.24. The Bertz CT molecular complexity index is 1010. The van der Waals surface area contributed by atoms with Crippen LogP contribution in [0.1, 0.15) is 24.0 Å². The van der Waals surface area contributed by atoms with Crippen LogP contribution in [-0.4, -0.2) is 27.0 Å². The summed E-state index contributed by atoms with van der Waals surface area (Å²) in [6, 6.07) is 9.50. The van der Waals surface area contributed by atoms with Crippen LogP contribution in [0.2, 0.25) is 0 Å². The molecule has 1 amide bonds. The lowest BCUT2D eigenvalue weighted by molar-refractivity contribution is -0.116. The van der Waals surface area contributed by atoms with E-state index in [0.717, 1.165) is 24.8 Å². The molecule has 0 unspecified atom stereocenters. The number of pyridine rings is 1. The van der Waals surface area contributed by atoms with Gasteiger partial charge in [-0.15, -0.1) is 0 Å². The first-order chi connectivity index (χ1) is 13.1. The van der Waals surface area contributed by atoms with Crippen molar-refractivity contribution in [2.45, 2.75) is 26.2 Å². The number of amides is 1. The summed E-state index contributed by atoms with van der Waals surface area (Å²) in [4.78, 5) is 32.7. The largest absolute Gasteiger partial charge is 0.353 e. The number of hydrogen-bond donors (Lipinski definition) is 1. The van der Waals surface area contributed by atoms with Gasteiger partial charge in [0.25, 0.3) is 5.56 Å². The number of fused-ring (bicyclic) bond motifs is 1. The van der Waals surface area contributed by atoms with Crippen molar-refractivity contribution in [3.63, 3.8) is 0 Å². The fourth-order valence-corrected chi connectivity index (χ4v) is 2.77. The van der Waals surface area contributed by atoms with E-state index in [4.69, 9.17) is 0 Å². The van der Waals surface area contributed by atoms with Crippen LogP contribution in [0.25, 0.3) is 17.1 Å². The van der Waals surface area contributed by atoms with Gasteiger partial charge in [-0.2, -0.15) is 0 Å². The van der Waals surface area contributed by atoms with Gasteiger partial charge in [-0.25, -0.2) is 4.98 Å². The molecule has 1 aromatic carbocycles. The predicted molar refractivity (Wildman–Crippen MR) is 106 cm³/mol. The smallest absolute Gasteiger partial charge is 0.265 e. The van der Waals surface area contributed by atoms with Crippen LogP contribution in [0.15, 0.2) is 59.9 Å². The molecule has 0 aliphatic carbocycles. The van der Waals surface area contributed by atoms with E-state index in [0.29, 0.717) is 17.4 Å². The quantitative estimate of drug-likeness (QED) is 0.518. The van der Waals surface area contributed by atoms with Gasteiger partial charge in [0, 0.05) is 31.2 Å². The number of nitrogens with one attached hydrogen (secondary N) is 1. The van der Waals surface area contributed by atoms with Gasteiger partial charge < -0.3 is 5.32 Å². The summed E-state index contributed by atoms with van der Waals surface area (Å²) < 4.78 is 1.32. The number of aromatic nitrogens is 3. The summed E-state index contributed by atoms with van der Waals surface area (Å²) in [6.07, 6.45) is 10.6. The molecule has 0 atom stereocenters. The van der Waals surface area contributed by atoms with E-state index in [9.17, 15) is 9.59 Å². The van der Waals surface area contributed by atoms with Crippen LogP contribution in [-0.2, 0) is 11.2 Å². The zero-order valence-electron chi connectivity index (χ0n) is 15.3. The molecule has 0 aliphatic rings. The minimum Gasteiger partial charge on any atom is -0.353 e. The number of benzene rings is 1. The lowest BCUT2D eigenvalue weighted by Crippen LogP contribution is -2.23. The second-order valence-corrected chi connectivity index (χ2v) is 6.40. The lowest BCUT2D eigenvalue weighted by atomic mass is 10.1. The van der Waals surface area contributed by atoms with E-state index in [1.807, 2.05) is 37.4 Å². The van der Waals surface area contributed by atoms with Gasteiger partial charge in [-0.3, -0.25) is 19.1 Å². The van der Waals surface area contributed by atoms with Crippen LogP contribution in [0, 0.1) is 6.92 Å². The maximum Gasteiger partial charge on any atom is 0.265 e. The van der Waals surface area contributed by atoms with Gasteiger partial charge in [-0.05, 0) is 49.9 Å². The Morgan fingerprint density at radius 2 is 2.15 bits per heavy atom. The molecule has 0 radical (unpaired) electrons. The normalized spacial score (nSPS) is 11.1. The number of rotatable bonds is 7. The van der Waals surface area contributed by atoms with E-state index in [1.165, 1.54) is 28.7 Å². The van der Waals surface area contributed by atoms with Crippen molar-refractivity contribution in [1.29, 1.82) is 0 Å². The Morgan fingerprint density at radius 3 is 2.96 bits per heavy atom. The topological polar surface area (TPSA) is 76.9 Å². The van der Waals surface area contributed by atoms with Crippen molar-refractivity contribution in [2.24, 2.45) is 0 Å². The highest BCUT2D eigenvalue weighted by molar-refractivity contribution is 5.90. The summed E-state index contributed by atoms with van der Waals surface area (Å²) in [5.74, 6) is -0.229. The molecule has 2 heterocycles. The number of carbonyl (C=O) groups is 1. The highest BCUT2D eigenvalue weighted by atomic mass is 16.1. The van der Waals surface area contributed by atoms with E-state index in [1.54, 1.807) is 12.3 Å². The van der Waals surface area contributed by atoms with Crippen LogP contribution < -0.4 is 10.9 Å². The first-order valence-corrected chi connectivity index (χ1v) is 8.96. The second-order valence-electron chi connectivity index (χ2n) is 6.40. The van der Waals surface area contributed by atoms with Gasteiger partial charge in [0.1, 0.15) is 6.33 Å². The van der Waals surface area contributed by atoms with E-state index in [2.05, 4.69) is 15.3 Å². The Morgan fingerprint density at radius 1 is 1.26 bits per heavy atom. The summed E-state index contributed by atoms with van der Waals surface area (Å²) in [7, 11) is 0. The number of hydrogen-bond acceptors (Lipinski definition) is 4. The minimum absolute atomic E-state index is 0.191. The van der Waals surface area contributed by atoms with Gasteiger partial charge in [-0.1, -0.05) is 17.7 Å². The number of nitrogens with zero attached hydrogens (tertiary/aromatic N) is 3. The van der Waals surface area contributed by atoms with Crippen molar-refractivity contribution >= 4 is 23.0 Å². The molecule has 138 valence electrons. The van der Waals surface area contributed by atoms with Crippen LogP contribution in [0.5, 0.6) is 0 Å². The van der Waals surface area contributed by atoms with Crippen molar-refractivity contribution in [2.75, 3.05) is 6.54 Å². The van der Waals surface area contributed by atoms with Crippen molar-refractivity contribution in [1.82, 2.24) is 19.9 Å². The monoisotopic (exact) mass is 362 g/mol. The van der Waals surface area contributed by atoms with Crippen molar-refractivity contribution in [3.8, 4) is 0 Å². The predicted octanol–water partition coefficient (Wildman–Crippen LogP) is 2.71. The standard InChI is InChI=1S/C21H22N4O2/c1-16-7-8-19-18(13-16)21(27)25(15-24-19)12-9-20(26)23-11-3-2-5-17-6-4-10-22-14-17/h4,6-10,12-15H,2-3,5,11H2,1H3,(H,23,26)/b12-9+. The number of carbonyl (C=O) groups excluding carboxylic acids is 1. The molecule has 0 spiro atoms. The van der Waals surface area contributed by atoms with Gasteiger partial charge in [0.2, 0.25) is 5.91 Å². The molecule has 0 fully saturated rings. The van der Waals surface area contributed by atoms with Crippen molar-refractivity contribution in [3.05, 3.63) is 76.6 Å². The Hall–Kier alpha value is -3.28. The maximum absolute atomic E-state index is 12.5. The molecule has 6 nitrogen and oxygen atoms in total. The first-order valence-electron chi connectivity index (χ1n) is 8.96. The summed E-state index contributed by atoms with van der Waals surface area (Å²) in [5.41, 5.74) is 2.65. The molecule has 3 rings (SSSR count). The Kier molecular flexibility index (Phi) is 6.10. The zero-order valence-corrected chi connectivity index (χ0v) is 15.3. The highest BCUT2D eigenvalue weighted by Gasteiger charge is 2.03. The van der Waals surface area contributed by atoms with E-state index in [-0.39, 0.29) is 11.5 Å². The van der Waals surface area contributed by atoms with Crippen LogP contribution >= 0.6 is 0 Å². The minimum atomic E-state index is -0.229. The molecule has 0 aliphatic heterocycles. The summed E-state index contributed by atoms with van der Waals surface area (Å²) in [6.45, 7) is 2.52. The summed E-state index contributed by atoms with van der Waals surface area (Å²) >= 11 is 0. The second kappa shape index (κ2) is 8.89. The molecular formula is C21H22N4O2. The average Bonchev–Trinajstić information content (AvgIpc) is 2.68. The highest BCUT2D eigenvalue weighted by Crippen LogP contribution is 2.08. The SMILES string of the molecule is Cc1ccc2ncn(/C=C/C(=O)NCCCCc3cccnc3)c(=O)c2c1. The molecule has 2 aromatic heterocycles. The third-order valence-electron chi connectivity index (χ3n) is 4.24. The fourth-order valence-electron chi connectivity index (χ4n) is 2.77. The molecule has 1 N–H and O–H groups in total. The zero-order chi connectivity index (χ0) is 19.1. The van der Waals surface area contributed by atoms with Crippen molar-refractivity contribution < 1.29 is 4.79 Å². The maximum atomic E-state index is 12.5. The number of unbranched alkanes of at least 4 members (excludes halogenated alkanes) is 1. The lowest BCUT2D eigenvalue weighted by Gasteiger charge is -2.04. The third kappa shape index (κ3) is 5.10. The van der Waals surface area contributed by atoms with Gasteiger partial charge in [0.15, 0.2) is 0 Å². The molecule has 6 heteroatoms. The summed E-state index contributed by atoms with van der Waals surface area (Å²) in [5, 5.41) is 3.37.